The van der Waals surface area contributed by atoms with Crippen LogP contribution < -0.4 is 0 Å². The zero-order valence-electron chi connectivity index (χ0n) is 27.7. The maximum atomic E-state index is 7.12. The SMILES string of the molecule is Cc1ccc([C@@H]2C(c3ccc(Cl)cc3)=NO[C@]23CN([C@H](C)c2ccccc2)C/C(=C\c2ccccc2)[C@]32ON=C(c3ccc(Cl)cc3)O2)cc1. The third-order valence-corrected chi connectivity index (χ3v) is 10.5. The lowest BCUT2D eigenvalue weighted by atomic mass is 9.68. The molecule has 6 nitrogen and oxygen atoms in total. The van der Waals surface area contributed by atoms with Crippen LogP contribution in [0.15, 0.2) is 149 Å². The second-order valence-electron chi connectivity index (χ2n) is 13.1. The molecule has 0 bridgehead atoms. The molecule has 1 fully saturated rings. The van der Waals surface area contributed by atoms with Crippen molar-refractivity contribution < 1.29 is 14.4 Å². The van der Waals surface area contributed by atoms with E-state index >= 15 is 0 Å². The number of hydrogen-bond acceptors (Lipinski definition) is 6. The lowest BCUT2D eigenvalue weighted by molar-refractivity contribution is -0.279. The van der Waals surface area contributed by atoms with Crippen LogP contribution in [0.2, 0.25) is 10.0 Å². The second-order valence-corrected chi connectivity index (χ2v) is 14.0. The molecule has 8 rings (SSSR count). The van der Waals surface area contributed by atoms with Crippen molar-refractivity contribution in [3.8, 4) is 0 Å². The van der Waals surface area contributed by atoms with E-state index in [0.717, 1.165) is 39.1 Å². The molecular formula is C42H35Cl2N3O3. The van der Waals surface area contributed by atoms with Gasteiger partial charge in [-0.05, 0) is 78.2 Å². The highest BCUT2D eigenvalue weighted by molar-refractivity contribution is 6.31. The summed E-state index contributed by atoms with van der Waals surface area (Å²) in [5, 5.41) is 10.8. The van der Waals surface area contributed by atoms with Crippen LogP contribution in [-0.2, 0) is 14.4 Å². The lowest BCUT2D eigenvalue weighted by Gasteiger charge is -2.52. The van der Waals surface area contributed by atoms with Crippen LogP contribution in [0.3, 0.4) is 0 Å². The minimum absolute atomic E-state index is 0.0181. The maximum Gasteiger partial charge on any atom is 0.346 e. The number of nitrogens with zero attached hydrogens (tertiary/aromatic N) is 3. The van der Waals surface area contributed by atoms with E-state index in [0.29, 0.717) is 29.0 Å². The molecule has 5 aromatic carbocycles. The topological polar surface area (TPSA) is 55.7 Å². The second kappa shape index (κ2) is 13.1. The predicted octanol–water partition coefficient (Wildman–Crippen LogP) is 9.82. The smallest absolute Gasteiger partial charge is 0.346 e. The zero-order chi connectivity index (χ0) is 34.3. The third kappa shape index (κ3) is 5.67. The van der Waals surface area contributed by atoms with E-state index < -0.39 is 17.3 Å². The fourth-order valence-corrected chi connectivity index (χ4v) is 7.54. The average molecular weight is 701 g/mol. The molecule has 3 aliphatic heterocycles. The first-order valence-corrected chi connectivity index (χ1v) is 17.5. The van der Waals surface area contributed by atoms with Crippen LogP contribution in [0.5, 0.6) is 0 Å². The van der Waals surface area contributed by atoms with Crippen molar-refractivity contribution in [2.24, 2.45) is 10.3 Å². The van der Waals surface area contributed by atoms with E-state index in [1.165, 1.54) is 5.56 Å². The molecule has 0 aromatic heterocycles. The van der Waals surface area contributed by atoms with Crippen LogP contribution in [-0.4, -0.2) is 41.0 Å². The number of piperidine rings is 1. The molecule has 50 heavy (non-hydrogen) atoms. The summed E-state index contributed by atoms with van der Waals surface area (Å²) in [7, 11) is 0. The van der Waals surface area contributed by atoms with E-state index in [-0.39, 0.29) is 6.04 Å². The van der Waals surface area contributed by atoms with E-state index in [9.17, 15) is 0 Å². The Morgan fingerprint density at radius 2 is 1.36 bits per heavy atom. The van der Waals surface area contributed by atoms with Gasteiger partial charge in [0.2, 0.25) is 5.60 Å². The Balaban J connectivity index is 1.35. The number of likely N-dealkylation sites (tertiary alicyclic amines) is 1. The molecule has 4 atom stereocenters. The molecule has 2 spiro atoms. The number of benzene rings is 5. The summed E-state index contributed by atoms with van der Waals surface area (Å²) in [5.41, 5.74) is 6.36. The Morgan fingerprint density at radius 1 is 0.740 bits per heavy atom. The fraction of sp³-hybridized carbons (Fsp3) is 0.190. The van der Waals surface area contributed by atoms with Gasteiger partial charge in [0.1, 0.15) is 0 Å². The summed E-state index contributed by atoms with van der Waals surface area (Å²) >= 11 is 12.7. The Bertz CT molecular complexity index is 2090. The van der Waals surface area contributed by atoms with Gasteiger partial charge in [-0.15, -0.1) is 0 Å². The number of hydrogen-bond donors (Lipinski definition) is 0. The minimum Gasteiger partial charge on any atom is -0.422 e. The van der Waals surface area contributed by atoms with Crippen LogP contribution in [0.25, 0.3) is 6.08 Å². The quantitative estimate of drug-likeness (QED) is 0.177. The highest BCUT2D eigenvalue weighted by Gasteiger charge is 2.74. The van der Waals surface area contributed by atoms with Gasteiger partial charge in [0.05, 0.1) is 18.2 Å². The third-order valence-electron chi connectivity index (χ3n) is 9.95. The van der Waals surface area contributed by atoms with E-state index in [2.05, 4.69) is 90.6 Å². The summed E-state index contributed by atoms with van der Waals surface area (Å²) < 4.78 is 7.12. The fourth-order valence-electron chi connectivity index (χ4n) is 7.29. The molecule has 0 unspecified atom stereocenters. The molecule has 3 aliphatic rings. The van der Waals surface area contributed by atoms with Crippen molar-refractivity contribution in [3.05, 3.63) is 182 Å². The normalized spacial score (nSPS) is 24.4. The van der Waals surface area contributed by atoms with Gasteiger partial charge in [-0.2, -0.15) is 0 Å². The molecular weight excluding hydrogens is 665 g/mol. The largest absolute Gasteiger partial charge is 0.422 e. The number of ether oxygens (including phenoxy) is 1. The van der Waals surface area contributed by atoms with Gasteiger partial charge in [0.25, 0.3) is 5.90 Å². The van der Waals surface area contributed by atoms with E-state index in [1.54, 1.807) is 0 Å². The molecule has 250 valence electrons. The molecule has 8 heteroatoms. The molecule has 0 radical (unpaired) electrons. The Morgan fingerprint density at radius 3 is 2.02 bits per heavy atom. The van der Waals surface area contributed by atoms with Gasteiger partial charge in [-0.1, -0.05) is 131 Å². The molecule has 0 aliphatic carbocycles. The van der Waals surface area contributed by atoms with Crippen molar-refractivity contribution in [1.29, 1.82) is 0 Å². The van der Waals surface area contributed by atoms with Gasteiger partial charge in [0, 0.05) is 39.3 Å². The maximum absolute atomic E-state index is 7.12. The number of rotatable bonds is 6. The first-order chi connectivity index (χ1) is 24.3. The first-order valence-electron chi connectivity index (χ1n) is 16.7. The highest BCUT2D eigenvalue weighted by Crippen LogP contribution is 2.57. The van der Waals surface area contributed by atoms with Gasteiger partial charge < -0.3 is 14.4 Å². The highest BCUT2D eigenvalue weighted by atomic mass is 35.5. The molecule has 3 heterocycles. The van der Waals surface area contributed by atoms with Crippen LogP contribution in [0.4, 0.5) is 0 Å². The van der Waals surface area contributed by atoms with E-state index in [1.807, 2.05) is 72.8 Å². The number of fused-ring (bicyclic) bond motifs is 1. The number of halogens is 2. The molecule has 0 N–H and O–H groups in total. The summed E-state index contributed by atoms with van der Waals surface area (Å²) in [5.74, 6) is -1.59. The van der Waals surface area contributed by atoms with Crippen LogP contribution in [0, 0.1) is 6.92 Å². The Labute approximate surface area is 302 Å². The summed E-state index contributed by atoms with van der Waals surface area (Å²) in [6.07, 6.45) is 2.14. The molecule has 0 saturated carbocycles. The predicted molar refractivity (Wildman–Crippen MR) is 199 cm³/mol. The summed E-state index contributed by atoms with van der Waals surface area (Å²) in [4.78, 5) is 16.1. The Hall–Kier alpha value is -4.88. The van der Waals surface area contributed by atoms with E-state index in [4.69, 9.17) is 42.8 Å². The van der Waals surface area contributed by atoms with Gasteiger partial charge in [-0.25, -0.2) is 0 Å². The van der Waals surface area contributed by atoms with Crippen molar-refractivity contribution in [2.45, 2.75) is 37.2 Å². The number of aryl methyl sites for hydroxylation is 1. The van der Waals surface area contributed by atoms with Gasteiger partial charge >= 0.3 is 5.79 Å². The average Bonchev–Trinajstić information content (AvgIpc) is 3.76. The first kappa shape index (κ1) is 32.3. The Kier molecular flexibility index (Phi) is 8.47. The lowest BCUT2D eigenvalue weighted by Crippen LogP contribution is -2.69. The zero-order valence-corrected chi connectivity index (χ0v) is 29.2. The van der Waals surface area contributed by atoms with Crippen molar-refractivity contribution >= 4 is 40.9 Å². The molecule has 1 saturated heterocycles. The monoisotopic (exact) mass is 699 g/mol. The number of oxime groups is 2. The summed E-state index contributed by atoms with van der Waals surface area (Å²) in [6, 6.07) is 44.4. The van der Waals surface area contributed by atoms with Crippen LogP contribution >= 0.6 is 23.2 Å². The van der Waals surface area contributed by atoms with Crippen molar-refractivity contribution in [2.75, 3.05) is 13.1 Å². The molecule has 0 amide bonds. The minimum atomic E-state index is -1.50. The van der Waals surface area contributed by atoms with Gasteiger partial charge in [0.15, 0.2) is 0 Å². The summed E-state index contributed by atoms with van der Waals surface area (Å²) in [6.45, 7) is 5.25. The van der Waals surface area contributed by atoms with Crippen LogP contribution in [0.1, 0.15) is 52.3 Å². The molecule has 5 aromatic rings. The standard InChI is InChI=1S/C42H35Cl2N3O3/c1-28-13-15-32(16-14-28)38-39(33-17-21-36(43)22-18-33)45-49-41(38)27-47(29(2)31-11-7-4-8-12-31)26-35(25-30-9-5-3-6-10-30)42(41)48-40(46-50-42)34-19-23-37(44)24-20-34/h3-25,29,38H,26-27H2,1-2H3/b35-25+/t29-,38-,41-,42+/m1/s1. The van der Waals surface area contributed by atoms with Crippen molar-refractivity contribution in [3.63, 3.8) is 0 Å². The van der Waals surface area contributed by atoms with Crippen molar-refractivity contribution in [1.82, 2.24) is 4.90 Å². The van der Waals surface area contributed by atoms with Gasteiger partial charge in [-0.3, -0.25) is 4.90 Å².